The second-order valence-corrected chi connectivity index (χ2v) is 4.17. The minimum atomic E-state index is -1.09. The molecule has 1 amide bonds. The summed E-state index contributed by atoms with van der Waals surface area (Å²) in [5.74, 6) is -1.10. The van der Waals surface area contributed by atoms with Gasteiger partial charge in [-0.2, -0.15) is 0 Å². The zero-order valence-corrected chi connectivity index (χ0v) is 9.67. The highest BCUT2D eigenvalue weighted by molar-refractivity contribution is 5.89. The molecule has 1 aliphatic rings. The Bertz CT molecular complexity index is 506. The summed E-state index contributed by atoms with van der Waals surface area (Å²) in [6.07, 6.45) is 0.650. The van der Waals surface area contributed by atoms with Gasteiger partial charge in [0.25, 0.3) is 0 Å². The summed E-state index contributed by atoms with van der Waals surface area (Å²) in [6, 6.07) is 6.09. The van der Waals surface area contributed by atoms with E-state index in [0.717, 1.165) is 0 Å². The molecule has 5 nitrogen and oxygen atoms in total. The van der Waals surface area contributed by atoms with Gasteiger partial charge in [-0.25, -0.2) is 4.39 Å². The van der Waals surface area contributed by atoms with Crippen molar-refractivity contribution in [1.29, 1.82) is 0 Å². The van der Waals surface area contributed by atoms with Gasteiger partial charge >= 0.3 is 0 Å². The van der Waals surface area contributed by atoms with Crippen LogP contribution < -0.4 is 0 Å². The molecule has 0 radical (unpaired) electrons. The zero-order valence-electron chi connectivity index (χ0n) is 9.67. The van der Waals surface area contributed by atoms with E-state index in [1.165, 1.54) is 6.07 Å². The van der Waals surface area contributed by atoms with Gasteiger partial charge in [0, 0.05) is 23.7 Å². The number of benzene rings is 1. The summed E-state index contributed by atoms with van der Waals surface area (Å²) >= 11 is 0. The van der Waals surface area contributed by atoms with E-state index in [2.05, 4.69) is 10.0 Å². The van der Waals surface area contributed by atoms with E-state index in [1.807, 2.05) is 0 Å². The van der Waals surface area contributed by atoms with Crippen molar-refractivity contribution in [3.63, 3.8) is 0 Å². The van der Waals surface area contributed by atoms with Crippen LogP contribution in [0.1, 0.15) is 18.4 Å². The highest BCUT2D eigenvalue weighted by atomic mass is 19.1. The van der Waals surface area contributed by atoms with E-state index in [1.54, 1.807) is 18.2 Å². The van der Waals surface area contributed by atoms with Crippen molar-refractivity contribution < 1.29 is 13.9 Å². The van der Waals surface area contributed by atoms with Crippen LogP contribution in [-0.4, -0.2) is 19.1 Å². The predicted molar refractivity (Wildman–Crippen MR) is 62.3 cm³/mol. The van der Waals surface area contributed by atoms with Gasteiger partial charge in [-0.05, 0) is 29.6 Å². The monoisotopic (exact) mass is 249 g/mol. The van der Waals surface area contributed by atoms with Crippen LogP contribution in [0.5, 0.6) is 0 Å². The Morgan fingerprint density at radius 2 is 2.06 bits per heavy atom. The normalized spacial score (nSPS) is 17.8. The lowest BCUT2D eigenvalue weighted by Gasteiger charge is -2.34. The third kappa shape index (κ3) is 2.08. The van der Waals surface area contributed by atoms with E-state index in [0.29, 0.717) is 26.1 Å². The van der Waals surface area contributed by atoms with E-state index < -0.39 is 17.1 Å². The molecule has 18 heavy (non-hydrogen) atoms. The first-order valence-electron chi connectivity index (χ1n) is 5.63. The molecule has 0 N–H and O–H groups in total. The molecule has 1 aromatic rings. The molecular weight excluding hydrogens is 237 g/mol. The summed E-state index contributed by atoms with van der Waals surface area (Å²) in [7, 11) is 0. The first-order valence-corrected chi connectivity index (χ1v) is 5.63. The van der Waals surface area contributed by atoms with Crippen LogP contribution in [0.15, 0.2) is 29.4 Å². The Morgan fingerprint density at radius 1 is 1.39 bits per heavy atom. The van der Waals surface area contributed by atoms with Crippen LogP contribution >= 0.6 is 0 Å². The fourth-order valence-corrected chi connectivity index (χ4v) is 2.30. The quantitative estimate of drug-likeness (QED) is 0.459. The molecular formula is C12H12FN3O2. The number of rotatable bonds is 2. The topological polar surface area (TPSA) is 75.1 Å². The maximum Gasteiger partial charge on any atom is 0.229 e. The van der Waals surface area contributed by atoms with Crippen LogP contribution in [-0.2, 0) is 14.9 Å². The highest BCUT2D eigenvalue weighted by Gasteiger charge is 2.42. The number of halogens is 1. The summed E-state index contributed by atoms with van der Waals surface area (Å²) in [5, 5.41) is 3.16. The van der Waals surface area contributed by atoms with Crippen molar-refractivity contribution in [3.05, 3.63) is 46.1 Å². The number of carbonyl (C=O) groups excluding carboxylic acids is 1. The van der Waals surface area contributed by atoms with Gasteiger partial charge in [0.2, 0.25) is 5.91 Å². The lowest BCUT2D eigenvalue weighted by atomic mass is 9.73. The Kier molecular flexibility index (Phi) is 3.60. The van der Waals surface area contributed by atoms with E-state index in [-0.39, 0.29) is 5.56 Å². The number of azide groups is 1. The average molecular weight is 249 g/mol. The number of ether oxygens (including phenoxy) is 1. The van der Waals surface area contributed by atoms with Crippen molar-refractivity contribution in [1.82, 2.24) is 0 Å². The van der Waals surface area contributed by atoms with Crippen LogP contribution in [0, 0.1) is 5.82 Å². The number of hydrogen-bond acceptors (Lipinski definition) is 2. The first-order chi connectivity index (χ1) is 8.70. The Hall–Kier alpha value is -1.91. The molecule has 0 aromatic heterocycles. The van der Waals surface area contributed by atoms with Crippen LogP contribution in [0.4, 0.5) is 4.39 Å². The van der Waals surface area contributed by atoms with Gasteiger partial charge in [0.1, 0.15) is 5.82 Å². The van der Waals surface area contributed by atoms with Crippen molar-refractivity contribution >= 4 is 5.91 Å². The standard InChI is InChI=1S/C12H12FN3O2/c13-10-4-2-1-3-9(10)12(11(17)15-16-14)5-7-18-8-6-12/h1-4H,5-8H2. The third-order valence-electron chi connectivity index (χ3n) is 3.28. The van der Waals surface area contributed by atoms with Crippen molar-refractivity contribution in [2.45, 2.75) is 18.3 Å². The van der Waals surface area contributed by atoms with Crippen LogP contribution in [0.25, 0.3) is 10.4 Å². The molecule has 0 bridgehead atoms. The van der Waals surface area contributed by atoms with E-state index in [9.17, 15) is 9.18 Å². The molecule has 0 spiro atoms. The number of hydrogen-bond donors (Lipinski definition) is 0. The number of nitrogens with zero attached hydrogens (tertiary/aromatic N) is 3. The zero-order chi connectivity index (χ0) is 13.0. The summed E-state index contributed by atoms with van der Waals surface area (Å²) in [4.78, 5) is 14.6. The molecule has 6 heteroatoms. The molecule has 1 heterocycles. The molecule has 1 aliphatic heterocycles. The minimum absolute atomic E-state index is 0.283. The second-order valence-electron chi connectivity index (χ2n) is 4.17. The Labute approximate surface area is 103 Å². The molecule has 0 aliphatic carbocycles. The van der Waals surface area contributed by atoms with Gasteiger partial charge in [0.05, 0.1) is 5.41 Å². The van der Waals surface area contributed by atoms with Crippen molar-refractivity contribution in [3.8, 4) is 0 Å². The average Bonchev–Trinajstić information content (AvgIpc) is 2.40. The first kappa shape index (κ1) is 12.5. The predicted octanol–water partition coefficient (Wildman–Crippen LogP) is 2.71. The molecule has 0 unspecified atom stereocenters. The maximum absolute atomic E-state index is 13.9. The van der Waals surface area contributed by atoms with Gasteiger partial charge in [-0.15, -0.1) is 0 Å². The van der Waals surface area contributed by atoms with Gasteiger partial charge in [0.15, 0.2) is 0 Å². The minimum Gasteiger partial charge on any atom is -0.381 e. The summed E-state index contributed by atoms with van der Waals surface area (Å²) in [6.45, 7) is 0.696. The van der Waals surface area contributed by atoms with Crippen molar-refractivity contribution in [2.75, 3.05) is 13.2 Å². The molecule has 1 aromatic carbocycles. The molecule has 2 rings (SSSR count). The van der Waals surface area contributed by atoms with Gasteiger partial charge in [-0.3, -0.25) is 4.79 Å². The van der Waals surface area contributed by atoms with Crippen LogP contribution in [0.2, 0.25) is 0 Å². The fraction of sp³-hybridized carbons (Fsp3) is 0.417. The molecule has 0 atom stereocenters. The summed E-state index contributed by atoms with van der Waals surface area (Å²) in [5.41, 5.74) is 7.61. The number of carbonyl (C=O) groups is 1. The number of amides is 1. The molecule has 0 saturated carbocycles. The third-order valence-corrected chi connectivity index (χ3v) is 3.28. The van der Waals surface area contributed by atoms with Gasteiger partial charge < -0.3 is 4.74 Å². The van der Waals surface area contributed by atoms with E-state index in [4.69, 9.17) is 10.3 Å². The van der Waals surface area contributed by atoms with Crippen LogP contribution in [0.3, 0.4) is 0 Å². The Balaban J connectivity index is 2.51. The molecule has 94 valence electrons. The lowest BCUT2D eigenvalue weighted by molar-refractivity contribution is -0.127. The SMILES string of the molecule is [N-]=[N+]=NC(=O)C1(c2ccccc2F)CCOCC1. The highest BCUT2D eigenvalue weighted by Crippen LogP contribution is 2.37. The second kappa shape index (κ2) is 5.16. The smallest absolute Gasteiger partial charge is 0.229 e. The Morgan fingerprint density at radius 3 is 2.67 bits per heavy atom. The summed E-state index contributed by atoms with van der Waals surface area (Å²) < 4.78 is 19.1. The van der Waals surface area contributed by atoms with E-state index >= 15 is 0 Å². The maximum atomic E-state index is 13.9. The lowest BCUT2D eigenvalue weighted by Crippen LogP contribution is -2.41. The largest absolute Gasteiger partial charge is 0.381 e. The molecule has 1 fully saturated rings. The van der Waals surface area contributed by atoms with Gasteiger partial charge in [-0.1, -0.05) is 18.2 Å². The fourth-order valence-electron chi connectivity index (χ4n) is 2.30. The van der Waals surface area contributed by atoms with Crippen molar-refractivity contribution in [2.24, 2.45) is 5.11 Å². The molecule has 1 saturated heterocycles.